The molecule has 0 atom stereocenters. The predicted octanol–water partition coefficient (Wildman–Crippen LogP) is 3.82. The lowest BCUT2D eigenvalue weighted by Gasteiger charge is -1.98. The number of hydrogen-bond donors (Lipinski definition) is 1. The van der Waals surface area contributed by atoms with E-state index in [1.54, 1.807) is 12.1 Å². The highest BCUT2D eigenvalue weighted by atomic mass is 19.1. The van der Waals surface area contributed by atoms with Crippen LogP contribution < -0.4 is 0 Å². The van der Waals surface area contributed by atoms with Gasteiger partial charge >= 0.3 is 0 Å². The summed E-state index contributed by atoms with van der Waals surface area (Å²) in [7, 11) is 0. The third kappa shape index (κ3) is 1.95. The SMILES string of the molecule is Cc1ccc2oc(C(=O)c3ccc(F)cc3)c(O)c2c1. The Kier molecular flexibility index (Phi) is 2.79. The first kappa shape index (κ1) is 12.4. The van der Waals surface area contributed by atoms with Crippen LogP contribution in [0.2, 0.25) is 0 Å². The molecule has 0 bridgehead atoms. The number of carbonyl (C=O) groups excluding carboxylic acids is 1. The summed E-state index contributed by atoms with van der Waals surface area (Å²) in [4.78, 5) is 12.3. The number of aryl methyl sites for hydroxylation is 1. The van der Waals surface area contributed by atoms with Crippen LogP contribution in [0.4, 0.5) is 4.39 Å². The van der Waals surface area contributed by atoms with Crippen LogP contribution in [-0.2, 0) is 0 Å². The van der Waals surface area contributed by atoms with Gasteiger partial charge in [-0.05, 0) is 43.3 Å². The van der Waals surface area contributed by atoms with Crippen LogP contribution in [0.15, 0.2) is 46.9 Å². The highest BCUT2D eigenvalue weighted by molar-refractivity contribution is 6.11. The van der Waals surface area contributed by atoms with Crippen molar-refractivity contribution in [2.24, 2.45) is 0 Å². The molecule has 3 aromatic rings. The zero-order valence-corrected chi connectivity index (χ0v) is 10.7. The highest BCUT2D eigenvalue weighted by Gasteiger charge is 2.21. The van der Waals surface area contributed by atoms with Crippen LogP contribution in [0.5, 0.6) is 5.75 Å². The van der Waals surface area contributed by atoms with Crippen molar-refractivity contribution >= 4 is 16.8 Å². The number of ketones is 1. The summed E-state index contributed by atoms with van der Waals surface area (Å²) in [6.07, 6.45) is 0. The van der Waals surface area contributed by atoms with Crippen molar-refractivity contribution in [3.8, 4) is 5.75 Å². The van der Waals surface area contributed by atoms with E-state index in [0.29, 0.717) is 11.0 Å². The second-order valence-corrected chi connectivity index (χ2v) is 4.62. The van der Waals surface area contributed by atoms with E-state index in [2.05, 4.69) is 0 Å². The van der Waals surface area contributed by atoms with Crippen LogP contribution >= 0.6 is 0 Å². The fourth-order valence-electron chi connectivity index (χ4n) is 2.08. The van der Waals surface area contributed by atoms with Gasteiger partial charge in [0.1, 0.15) is 11.4 Å². The van der Waals surface area contributed by atoms with Gasteiger partial charge < -0.3 is 9.52 Å². The summed E-state index contributed by atoms with van der Waals surface area (Å²) in [5, 5.41) is 10.6. The zero-order valence-electron chi connectivity index (χ0n) is 10.7. The van der Waals surface area contributed by atoms with E-state index in [1.165, 1.54) is 24.3 Å². The smallest absolute Gasteiger partial charge is 0.232 e. The van der Waals surface area contributed by atoms with Gasteiger partial charge in [0.25, 0.3) is 0 Å². The topological polar surface area (TPSA) is 50.4 Å². The minimum atomic E-state index is -0.476. The fourth-order valence-corrected chi connectivity index (χ4v) is 2.08. The van der Waals surface area contributed by atoms with E-state index in [-0.39, 0.29) is 17.1 Å². The monoisotopic (exact) mass is 270 g/mol. The van der Waals surface area contributed by atoms with Gasteiger partial charge in [0, 0.05) is 5.56 Å². The molecule has 0 fully saturated rings. The summed E-state index contributed by atoms with van der Waals surface area (Å²) in [5.41, 5.74) is 1.66. The molecule has 0 radical (unpaired) electrons. The standard InChI is InChI=1S/C16H11FO3/c1-9-2-7-13-12(8-9)15(19)16(20-13)14(18)10-3-5-11(17)6-4-10/h2-8,19H,1H3. The molecule has 0 aliphatic rings. The van der Waals surface area contributed by atoms with E-state index in [1.807, 2.05) is 13.0 Å². The van der Waals surface area contributed by atoms with Gasteiger partial charge in [-0.2, -0.15) is 0 Å². The number of aromatic hydroxyl groups is 1. The molecule has 0 aliphatic heterocycles. The lowest BCUT2D eigenvalue weighted by atomic mass is 10.1. The Hall–Kier alpha value is -2.62. The number of rotatable bonds is 2. The molecule has 3 rings (SSSR count). The second-order valence-electron chi connectivity index (χ2n) is 4.62. The molecule has 1 heterocycles. The Morgan fingerprint density at radius 3 is 2.55 bits per heavy atom. The number of carbonyl (C=O) groups is 1. The maximum atomic E-state index is 12.9. The Labute approximate surface area is 114 Å². The van der Waals surface area contributed by atoms with Crippen molar-refractivity contribution in [2.75, 3.05) is 0 Å². The number of furan rings is 1. The maximum absolute atomic E-state index is 12.9. The van der Waals surface area contributed by atoms with Crippen molar-refractivity contribution in [2.45, 2.75) is 6.92 Å². The Bertz CT molecular complexity index is 800. The molecule has 0 saturated heterocycles. The highest BCUT2D eigenvalue weighted by Crippen LogP contribution is 2.33. The quantitative estimate of drug-likeness (QED) is 0.720. The molecule has 0 unspecified atom stereocenters. The molecular weight excluding hydrogens is 259 g/mol. The molecule has 0 aliphatic carbocycles. The Morgan fingerprint density at radius 1 is 1.15 bits per heavy atom. The fraction of sp³-hybridized carbons (Fsp3) is 0.0625. The Balaban J connectivity index is 2.12. The molecule has 100 valence electrons. The third-order valence-electron chi connectivity index (χ3n) is 3.13. The average molecular weight is 270 g/mol. The molecule has 2 aromatic carbocycles. The van der Waals surface area contributed by atoms with Gasteiger partial charge in [-0.15, -0.1) is 0 Å². The van der Waals surface area contributed by atoms with E-state index in [9.17, 15) is 14.3 Å². The summed E-state index contributed by atoms with van der Waals surface area (Å²) in [5.74, 6) is -1.21. The van der Waals surface area contributed by atoms with E-state index >= 15 is 0 Å². The van der Waals surface area contributed by atoms with Gasteiger partial charge in [0.15, 0.2) is 5.75 Å². The zero-order chi connectivity index (χ0) is 14.3. The van der Waals surface area contributed by atoms with Crippen LogP contribution in [0.25, 0.3) is 11.0 Å². The first-order chi connectivity index (χ1) is 9.56. The summed E-state index contributed by atoms with van der Waals surface area (Å²) in [6.45, 7) is 1.88. The first-order valence-electron chi connectivity index (χ1n) is 6.08. The van der Waals surface area contributed by atoms with Crippen molar-refractivity contribution < 1.29 is 18.7 Å². The molecule has 0 amide bonds. The van der Waals surface area contributed by atoms with Gasteiger partial charge in [-0.1, -0.05) is 11.6 Å². The van der Waals surface area contributed by atoms with Crippen LogP contribution in [0, 0.1) is 12.7 Å². The van der Waals surface area contributed by atoms with Crippen LogP contribution in [0.1, 0.15) is 21.7 Å². The van der Waals surface area contributed by atoms with E-state index in [4.69, 9.17) is 4.42 Å². The lowest BCUT2D eigenvalue weighted by Crippen LogP contribution is -1.99. The lowest BCUT2D eigenvalue weighted by molar-refractivity contribution is 0.101. The average Bonchev–Trinajstić information content (AvgIpc) is 2.76. The molecule has 1 aromatic heterocycles. The van der Waals surface area contributed by atoms with Crippen molar-refractivity contribution in [3.05, 3.63) is 65.2 Å². The second kappa shape index (κ2) is 4.49. The number of halogens is 1. The maximum Gasteiger partial charge on any atom is 0.232 e. The Morgan fingerprint density at radius 2 is 1.85 bits per heavy atom. The van der Waals surface area contributed by atoms with Gasteiger partial charge in [-0.3, -0.25) is 4.79 Å². The van der Waals surface area contributed by atoms with Crippen molar-refractivity contribution in [1.82, 2.24) is 0 Å². The van der Waals surface area contributed by atoms with Gasteiger partial charge in [-0.25, -0.2) is 4.39 Å². The largest absolute Gasteiger partial charge is 0.504 e. The minimum Gasteiger partial charge on any atom is -0.504 e. The molecule has 20 heavy (non-hydrogen) atoms. The molecule has 0 saturated carbocycles. The van der Waals surface area contributed by atoms with E-state index < -0.39 is 11.6 Å². The molecular formula is C16H11FO3. The van der Waals surface area contributed by atoms with E-state index in [0.717, 1.165) is 5.56 Å². The van der Waals surface area contributed by atoms with Crippen LogP contribution in [0.3, 0.4) is 0 Å². The molecule has 3 nitrogen and oxygen atoms in total. The molecule has 1 N–H and O–H groups in total. The van der Waals surface area contributed by atoms with Crippen molar-refractivity contribution in [1.29, 1.82) is 0 Å². The molecule has 4 heteroatoms. The minimum absolute atomic E-state index is 0.128. The number of hydrogen-bond acceptors (Lipinski definition) is 3. The van der Waals surface area contributed by atoms with Gasteiger partial charge in [0.05, 0.1) is 5.39 Å². The summed E-state index contributed by atoms with van der Waals surface area (Å²) >= 11 is 0. The van der Waals surface area contributed by atoms with Crippen LogP contribution in [-0.4, -0.2) is 10.9 Å². The number of fused-ring (bicyclic) bond motifs is 1. The van der Waals surface area contributed by atoms with Crippen molar-refractivity contribution in [3.63, 3.8) is 0 Å². The summed E-state index contributed by atoms with van der Waals surface area (Å²) in [6, 6.07) is 10.4. The summed E-state index contributed by atoms with van der Waals surface area (Å²) < 4.78 is 18.3. The third-order valence-corrected chi connectivity index (χ3v) is 3.13. The predicted molar refractivity (Wildman–Crippen MR) is 72.4 cm³/mol. The first-order valence-corrected chi connectivity index (χ1v) is 6.08. The van der Waals surface area contributed by atoms with Gasteiger partial charge in [0.2, 0.25) is 11.5 Å². The molecule has 0 spiro atoms. The number of benzene rings is 2. The normalized spacial score (nSPS) is 10.9.